The summed E-state index contributed by atoms with van der Waals surface area (Å²) in [5.74, 6) is 3.23. The Labute approximate surface area is 117 Å². The summed E-state index contributed by atoms with van der Waals surface area (Å²) in [5, 5.41) is 4.18. The van der Waals surface area contributed by atoms with E-state index in [0.717, 1.165) is 36.7 Å². The topological polar surface area (TPSA) is 75.2 Å². The Balaban J connectivity index is 1.87. The maximum atomic E-state index is 5.65. The van der Waals surface area contributed by atoms with Gasteiger partial charge in [-0.15, -0.1) is 5.10 Å². The van der Waals surface area contributed by atoms with Crippen LogP contribution >= 0.6 is 0 Å². The van der Waals surface area contributed by atoms with Gasteiger partial charge in [0.25, 0.3) is 0 Å². The van der Waals surface area contributed by atoms with Crippen LogP contribution in [-0.4, -0.2) is 29.0 Å². The third-order valence-corrected chi connectivity index (χ3v) is 3.76. The first kappa shape index (κ1) is 12.8. The van der Waals surface area contributed by atoms with Crippen LogP contribution in [0.5, 0.6) is 11.5 Å². The molecule has 6 heteroatoms. The molecule has 1 aromatic carbocycles. The lowest BCUT2D eigenvalue weighted by molar-refractivity contribution is 0.353. The summed E-state index contributed by atoms with van der Waals surface area (Å²) in [5.41, 5.74) is 6.88. The van der Waals surface area contributed by atoms with Crippen LogP contribution in [0.4, 0.5) is 5.95 Å². The second-order valence-electron chi connectivity index (χ2n) is 4.91. The van der Waals surface area contributed by atoms with E-state index in [-0.39, 0.29) is 0 Å². The van der Waals surface area contributed by atoms with Crippen molar-refractivity contribution in [1.29, 1.82) is 0 Å². The first-order valence-electron chi connectivity index (χ1n) is 6.62. The van der Waals surface area contributed by atoms with Gasteiger partial charge in [-0.1, -0.05) is 6.07 Å². The average Bonchev–Trinajstić information content (AvgIpc) is 2.85. The lowest BCUT2D eigenvalue weighted by Gasteiger charge is -2.23. The maximum absolute atomic E-state index is 5.65. The van der Waals surface area contributed by atoms with Crippen LogP contribution in [0.1, 0.15) is 23.7 Å². The van der Waals surface area contributed by atoms with Crippen LogP contribution < -0.4 is 15.2 Å². The molecular weight excluding hydrogens is 256 g/mol. The van der Waals surface area contributed by atoms with Crippen molar-refractivity contribution in [2.45, 2.75) is 25.3 Å². The molecule has 0 saturated carbocycles. The van der Waals surface area contributed by atoms with E-state index in [9.17, 15) is 0 Å². The number of hydrogen-bond acceptors (Lipinski definition) is 5. The number of aryl methyl sites for hydroxylation is 1. The molecule has 0 radical (unpaired) electrons. The molecule has 0 bridgehead atoms. The number of nitrogens with two attached hydrogens (primary N) is 1. The van der Waals surface area contributed by atoms with Gasteiger partial charge in [-0.25, -0.2) is 4.68 Å². The number of anilines is 1. The lowest BCUT2D eigenvalue weighted by atomic mass is 9.90. The number of rotatable bonds is 3. The fourth-order valence-electron chi connectivity index (χ4n) is 2.72. The molecule has 2 aromatic rings. The summed E-state index contributed by atoms with van der Waals surface area (Å²) in [6.45, 7) is 0.846. The number of nitrogens with zero attached hydrogens (tertiary/aromatic N) is 3. The Hall–Kier alpha value is -2.24. The minimum atomic E-state index is 0.355. The Morgan fingerprint density at radius 3 is 2.80 bits per heavy atom. The molecule has 0 saturated heterocycles. The van der Waals surface area contributed by atoms with E-state index in [1.165, 1.54) is 5.56 Å². The summed E-state index contributed by atoms with van der Waals surface area (Å²) in [7, 11) is 3.29. The first-order valence-corrected chi connectivity index (χ1v) is 6.62. The minimum absolute atomic E-state index is 0.355. The molecule has 6 nitrogen and oxygen atoms in total. The van der Waals surface area contributed by atoms with Gasteiger partial charge in [-0.05, 0) is 30.0 Å². The smallest absolute Gasteiger partial charge is 0.239 e. The number of aromatic nitrogens is 3. The predicted molar refractivity (Wildman–Crippen MR) is 75.0 cm³/mol. The minimum Gasteiger partial charge on any atom is -0.493 e. The van der Waals surface area contributed by atoms with Gasteiger partial charge in [0.2, 0.25) is 5.95 Å². The van der Waals surface area contributed by atoms with Crippen molar-refractivity contribution in [2.24, 2.45) is 0 Å². The standard InChI is InChI=1S/C14H18N4O2/c1-19-11-4-3-9(7-12(11)20-2)10-5-6-18-13(8-10)16-14(15)17-18/h3-4,7,10H,5-6,8H2,1-2H3,(H2,15,17). The van der Waals surface area contributed by atoms with Crippen molar-refractivity contribution in [3.63, 3.8) is 0 Å². The summed E-state index contributed by atoms with van der Waals surface area (Å²) >= 11 is 0. The van der Waals surface area contributed by atoms with Crippen molar-refractivity contribution >= 4 is 5.95 Å². The van der Waals surface area contributed by atoms with Crippen LogP contribution in [0, 0.1) is 0 Å². The van der Waals surface area contributed by atoms with Gasteiger partial charge >= 0.3 is 0 Å². The van der Waals surface area contributed by atoms with Gasteiger partial charge in [-0.2, -0.15) is 4.98 Å². The molecule has 20 heavy (non-hydrogen) atoms. The van der Waals surface area contributed by atoms with Gasteiger partial charge in [0.1, 0.15) is 5.82 Å². The number of ether oxygens (including phenoxy) is 2. The fraction of sp³-hybridized carbons (Fsp3) is 0.429. The van der Waals surface area contributed by atoms with Gasteiger partial charge in [0, 0.05) is 13.0 Å². The predicted octanol–water partition coefficient (Wildman–Crippen LogP) is 1.61. The van der Waals surface area contributed by atoms with Gasteiger partial charge < -0.3 is 15.2 Å². The van der Waals surface area contributed by atoms with Crippen LogP contribution in [0.3, 0.4) is 0 Å². The third-order valence-electron chi connectivity index (χ3n) is 3.76. The molecule has 0 aliphatic carbocycles. The zero-order valence-corrected chi connectivity index (χ0v) is 11.7. The maximum Gasteiger partial charge on any atom is 0.239 e. The molecule has 0 amide bonds. The van der Waals surface area contributed by atoms with Crippen molar-refractivity contribution in [2.75, 3.05) is 20.0 Å². The Kier molecular flexibility index (Phi) is 3.22. The van der Waals surface area contributed by atoms with Gasteiger partial charge in [0.05, 0.1) is 14.2 Å². The highest BCUT2D eigenvalue weighted by molar-refractivity contribution is 5.44. The Morgan fingerprint density at radius 1 is 1.25 bits per heavy atom. The highest BCUT2D eigenvalue weighted by Gasteiger charge is 2.23. The number of methoxy groups -OCH3 is 2. The molecule has 1 aromatic heterocycles. The van der Waals surface area contributed by atoms with E-state index < -0.39 is 0 Å². The first-order chi connectivity index (χ1) is 9.71. The Bertz CT molecular complexity index is 624. The molecule has 3 rings (SSSR count). The van der Waals surface area contributed by atoms with E-state index in [1.54, 1.807) is 14.2 Å². The average molecular weight is 274 g/mol. The molecule has 2 heterocycles. The molecule has 1 unspecified atom stereocenters. The molecule has 106 valence electrons. The molecule has 0 spiro atoms. The number of fused-ring (bicyclic) bond motifs is 1. The van der Waals surface area contributed by atoms with Gasteiger partial charge in [0.15, 0.2) is 11.5 Å². The molecule has 2 N–H and O–H groups in total. The van der Waals surface area contributed by atoms with Crippen LogP contribution in [0.25, 0.3) is 0 Å². The fourth-order valence-corrected chi connectivity index (χ4v) is 2.72. The van der Waals surface area contributed by atoms with E-state index in [1.807, 2.05) is 16.8 Å². The summed E-state index contributed by atoms with van der Waals surface area (Å²) in [4.78, 5) is 4.28. The second kappa shape index (κ2) is 5.03. The van der Waals surface area contributed by atoms with Crippen LogP contribution in [-0.2, 0) is 13.0 Å². The zero-order chi connectivity index (χ0) is 14.1. The number of hydrogen-bond donors (Lipinski definition) is 1. The van der Waals surface area contributed by atoms with E-state index in [2.05, 4.69) is 16.1 Å². The third kappa shape index (κ3) is 2.17. The molecule has 0 fully saturated rings. The van der Waals surface area contributed by atoms with E-state index >= 15 is 0 Å². The summed E-state index contributed by atoms with van der Waals surface area (Å²) in [6.07, 6.45) is 1.87. The summed E-state index contributed by atoms with van der Waals surface area (Å²) in [6, 6.07) is 6.07. The second-order valence-corrected chi connectivity index (χ2v) is 4.91. The van der Waals surface area contributed by atoms with Crippen molar-refractivity contribution in [3.8, 4) is 11.5 Å². The van der Waals surface area contributed by atoms with Crippen LogP contribution in [0.2, 0.25) is 0 Å². The summed E-state index contributed by atoms with van der Waals surface area (Å²) < 4.78 is 12.5. The highest BCUT2D eigenvalue weighted by Crippen LogP contribution is 2.34. The van der Waals surface area contributed by atoms with Crippen LogP contribution in [0.15, 0.2) is 18.2 Å². The van der Waals surface area contributed by atoms with Gasteiger partial charge in [-0.3, -0.25) is 0 Å². The molecular formula is C14H18N4O2. The number of benzene rings is 1. The van der Waals surface area contributed by atoms with Crippen molar-refractivity contribution in [3.05, 3.63) is 29.6 Å². The zero-order valence-electron chi connectivity index (χ0n) is 11.7. The monoisotopic (exact) mass is 274 g/mol. The molecule has 1 aliphatic rings. The molecule has 1 aliphatic heterocycles. The van der Waals surface area contributed by atoms with E-state index in [0.29, 0.717) is 11.9 Å². The van der Waals surface area contributed by atoms with Crippen molar-refractivity contribution < 1.29 is 9.47 Å². The molecule has 1 atom stereocenters. The van der Waals surface area contributed by atoms with Crippen molar-refractivity contribution in [1.82, 2.24) is 14.8 Å². The highest BCUT2D eigenvalue weighted by atomic mass is 16.5. The SMILES string of the molecule is COc1ccc(C2CCn3nc(N)nc3C2)cc1OC. The normalized spacial score (nSPS) is 17.6. The Morgan fingerprint density at radius 2 is 2.05 bits per heavy atom. The number of nitrogen functional groups attached to an aromatic ring is 1. The quantitative estimate of drug-likeness (QED) is 0.920. The largest absolute Gasteiger partial charge is 0.493 e. The van der Waals surface area contributed by atoms with E-state index in [4.69, 9.17) is 15.2 Å². The lowest BCUT2D eigenvalue weighted by Crippen LogP contribution is -2.19.